The number of benzene rings is 2. The van der Waals surface area contributed by atoms with Crippen LogP contribution in [-0.4, -0.2) is 9.78 Å². The van der Waals surface area contributed by atoms with E-state index >= 15 is 0 Å². The SMILES string of the molecule is CCCCc1c2cccc(C(F)(F)F)c2nn1Cc1ccccc1. The second kappa shape index (κ2) is 6.67. The molecule has 0 aliphatic carbocycles. The van der Waals surface area contributed by atoms with Crippen LogP contribution in [0.25, 0.3) is 10.9 Å². The third kappa shape index (κ3) is 3.30. The van der Waals surface area contributed by atoms with Gasteiger partial charge < -0.3 is 0 Å². The van der Waals surface area contributed by atoms with Crippen molar-refractivity contribution in [3.8, 4) is 0 Å². The minimum atomic E-state index is -4.40. The second-order valence-electron chi connectivity index (χ2n) is 5.89. The Morgan fingerprint density at radius 3 is 2.42 bits per heavy atom. The van der Waals surface area contributed by atoms with Crippen molar-refractivity contribution in [1.82, 2.24) is 9.78 Å². The van der Waals surface area contributed by atoms with Gasteiger partial charge in [-0.25, -0.2) is 0 Å². The normalized spacial score (nSPS) is 12.0. The number of aromatic nitrogens is 2. The van der Waals surface area contributed by atoms with Crippen molar-refractivity contribution in [3.63, 3.8) is 0 Å². The van der Waals surface area contributed by atoms with Gasteiger partial charge in [0.05, 0.1) is 12.1 Å². The van der Waals surface area contributed by atoms with E-state index in [1.54, 1.807) is 10.7 Å². The van der Waals surface area contributed by atoms with Gasteiger partial charge in [0.25, 0.3) is 0 Å². The highest BCUT2D eigenvalue weighted by Crippen LogP contribution is 2.35. The molecule has 0 N–H and O–H groups in total. The van der Waals surface area contributed by atoms with Crippen LogP contribution in [0.3, 0.4) is 0 Å². The van der Waals surface area contributed by atoms with Gasteiger partial charge in [0.15, 0.2) is 0 Å². The maximum atomic E-state index is 13.3. The molecule has 0 aliphatic heterocycles. The third-order valence-corrected chi connectivity index (χ3v) is 4.13. The van der Waals surface area contributed by atoms with Crippen LogP contribution < -0.4 is 0 Å². The molecule has 2 nitrogen and oxygen atoms in total. The summed E-state index contributed by atoms with van der Waals surface area (Å²) >= 11 is 0. The average molecular weight is 332 g/mol. The van der Waals surface area contributed by atoms with Gasteiger partial charge in [-0.05, 0) is 24.5 Å². The van der Waals surface area contributed by atoms with Crippen LogP contribution in [0.4, 0.5) is 13.2 Å². The molecule has 24 heavy (non-hydrogen) atoms. The molecule has 0 amide bonds. The van der Waals surface area contributed by atoms with Gasteiger partial charge in [0.2, 0.25) is 0 Å². The molecule has 0 radical (unpaired) electrons. The van der Waals surface area contributed by atoms with Crippen LogP contribution in [0, 0.1) is 0 Å². The smallest absolute Gasteiger partial charge is 0.264 e. The number of hydrogen-bond acceptors (Lipinski definition) is 1. The topological polar surface area (TPSA) is 17.8 Å². The van der Waals surface area contributed by atoms with Gasteiger partial charge in [-0.1, -0.05) is 55.8 Å². The molecule has 0 saturated heterocycles. The molecule has 0 bridgehead atoms. The number of unbranched alkanes of at least 4 members (excludes halogenated alkanes) is 1. The van der Waals surface area contributed by atoms with Gasteiger partial charge in [-0.15, -0.1) is 0 Å². The first kappa shape index (κ1) is 16.6. The highest BCUT2D eigenvalue weighted by molar-refractivity contribution is 5.85. The van der Waals surface area contributed by atoms with Crippen molar-refractivity contribution < 1.29 is 13.2 Å². The monoisotopic (exact) mass is 332 g/mol. The van der Waals surface area contributed by atoms with Gasteiger partial charge in [-0.3, -0.25) is 4.68 Å². The molecular formula is C19H19F3N2. The summed E-state index contributed by atoms with van der Waals surface area (Å²) in [5.41, 5.74) is 1.29. The van der Waals surface area contributed by atoms with Crippen LogP contribution in [0.5, 0.6) is 0 Å². The minimum absolute atomic E-state index is 0.0482. The Hall–Kier alpha value is -2.30. The number of rotatable bonds is 5. The predicted molar refractivity (Wildman–Crippen MR) is 88.9 cm³/mol. The van der Waals surface area contributed by atoms with E-state index in [0.29, 0.717) is 11.9 Å². The molecular weight excluding hydrogens is 313 g/mol. The van der Waals surface area contributed by atoms with E-state index in [4.69, 9.17) is 0 Å². The van der Waals surface area contributed by atoms with E-state index in [2.05, 4.69) is 12.0 Å². The Morgan fingerprint density at radius 1 is 1.00 bits per heavy atom. The van der Waals surface area contributed by atoms with E-state index in [9.17, 15) is 13.2 Å². The standard InChI is InChI=1S/C19H19F3N2/c1-2-3-12-17-15-10-7-11-16(19(20,21)22)18(15)23-24(17)13-14-8-5-4-6-9-14/h4-11H,2-3,12-13H2,1H3. The van der Waals surface area contributed by atoms with Gasteiger partial charge in [0.1, 0.15) is 5.52 Å². The van der Waals surface area contributed by atoms with Gasteiger partial charge in [0, 0.05) is 11.1 Å². The third-order valence-electron chi connectivity index (χ3n) is 4.13. The zero-order valence-electron chi connectivity index (χ0n) is 13.5. The Bertz CT molecular complexity index is 820. The first-order valence-corrected chi connectivity index (χ1v) is 8.10. The number of nitrogens with zero attached hydrogens (tertiary/aromatic N) is 2. The summed E-state index contributed by atoms with van der Waals surface area (Å²) in [5, 5.41) is 4.93. The lowest BCUT2D eigenvalue weighted by atomic mass is 10.1. The molecule has 0 aliphatic rings. The Kier molecular flexibility index (Phi) is 4.60. The molecule has 126 valence electrons. The maximum Gasteiger partial charge on any atom is 0.418 e. The highest BCUT2D eigenvalue weighted by atomic mass is 19.4. The molecule has 0 fully saturated rings. The summed E-state index contributed by atoms with van der Waals surface area (Å²) in [6, 6.07) is 14.0. The Balaban J connectivity index is 2.12. The lowest BCUT2D eigenvalue weighted by Crippen LogP contribution is -2.07. The van der Waals surface area contributed by atoms with Crippen molar-refractivity contribution in [2.24, 2.45) is 0 Å². The van der Waals surface area contributed by atoms with Crippen LogP contribution in [0.2, 0.25) is 0 Å². The number of halogens is 3. The van der Waals surface area contributed by atoms with E-state index in [1.807, 2.05) is 30.3 Å². The van der Waals surface area contributed by atoms with Gasteiger partial charge >= 0.3 is 6.18 Å². The summed E-state index contributed by atoms with van der Waals surface area (Å²) in [7, 11) is 0. The first-order chi connectivity index (χ1) is 11.5. The number of alkyl halides is 3. The van der Waals surface area contributed by atoms with Crippen molar-refractivity contribution in [2.75, 3.05) is 0 Å². The molecule has 3 aromatic rings. The molecule has 1 aromatic heterocycles. The number of hydrogen-bond donors (Lipinski definition) is 0. The fourth-order valence-electron chi connectivity index (χ4n) is 2.93. The van der Waals surface area contributed by atoms with Crippen LogP contribution in [-0.2, 0) is 19.1 Å². The molecule has 0 unspecified atom stereocenters. The number of fused-ring (bicyclic) bond motifs is 1. The van der Waals surface area contributed by atoms with Crippen molar-refractivity contribution >= 4 is 10.9 Å². The van der Waals surface area contributed by atoms with Gasteiger partial charge in [-0.2, -0.15) is 18.3 Å². The fourth-order valence-corrected chi connectivity index (χ4v) is 2.93. The molecule has 0 atom stereocenters. The predicted octanol–water partition coefficient (Wildman–Crippen LogP) is 5.45. The van der Waals surface area contributed by atoms with Crippen LogP contribution >= 0.6 is 0 Å². The Labute approximate surface area is 138 Å². The summed E-state index contributed by atoms with van der Waals surface area (Å²) < 4.78 is 41.6. The number of aryl methyl sites for hydroxylation is 1. The van der Waals surface area contributed by atoms with Crippen molar-refractivity contribution in [1.29, 1.82) is 0 Å². The lowest BCUT2D eigenvalue weighted by Gasteiger charge is -2.07. The van der Waals surface area contributed by atoms with Crippen LogP contribution in [0.1, 0.15) is 36.6 Å². The summed E-state index contributed by atoms with van der Waals surface area (Å²) in [4.78, 5) is 0. The second-order valence-corrected chi connectivity index (χ2v) is 5.89. The summed E-state index contributed by atoms with van der Waals surface area (Å²) in [6.45, 7) is 2.55. The maximum absolute atomic E-state index is 13.3. The largest absolute Gasteiger partial charge is 0.418 e. The molecule has 1 heterocycles. The highest BCUT2D eigenvalue weighted by Gasteiger charge is 2.34. The zero-order valence-corrected chi connectivity index (χ0v) is 13.5. The lowest BCUT2D eigenvalue weighted by molar-refractivity contribution is -0.136. The zero-order chi connectivity index (χ0) is 17.2. The average Bonchev–Trinajstić information content (AvgIpc) is 2.90. The minimum Gasteiger partial charge on any atom is -0.264 e. The summed E-state index contributed by atoms with van der Waals surface area (Å²) in [6.07, 6.45) is -1.77. The van der Waals surface area contributed by atoms with Crippen molar-refractivity contribution in [2.45, 2.75) is 38.9 Å². The van der Waals surface area contributed by atoms with Crippen molar-refractivity contribution in [3.05, 3.63) is 65.4 Å². The van der Waals surface area contributed by atoms with E-state index < -0.39 is 11.7 Å². The quantitative estimate of drug-likeness (QED) is 0.608. The van der Waals surface area contributed by atoms with E-state index in [1.165, 1.54) is 6.07 Å². The van der Waals surface area contributed by atoms with E-state index in [0.717, 1.165) is 36.6 Å². The molecule has 3 rings (SSSR count). The molecule has 0 spiro atoms. The van der Waals surface area contributed by atoms with E-state index in [-0.39, 0.29) is 5.52 Å². The fraction of sp³-hybridized carbons (Fsp3) is 0.316. The Morgan fingerprint density at radius 2 is 1.75 bits per heavy atom. The molecule has 0 saturated carbocycles. The molecule has 5 heteroatoms. The first-order valence-electron chi connectivity index (χ1n) is 8.10. The van der Waals surface area contributed by atoms with Crippen LogP contribution in [0.15, 0.2) is 48.5 Å². The summed E-state index contributed by atoms with van der Waals surface area (Å²) in [5.74, 6) is 0. The molecule has 2 aromatic carbocycles.